The van der Waals surface area contributed by atoms with Gasteiger partial charge in [-0.15, -0.1) is 0 Å². The number of aromatic amines is 1. The summed E-state index contributed by atoms with van der Waals surface area (Å²) in [6, 6.07) is 19.4. The van der Waals surface area contributed by atoms with E-state index in [-0.39, 0.29) is 24.5 Å². The minimum atomic E-state index is -0.784. The van der Waals surface area contributed by atoms with E-state index in [0.717, 1.165) is 32.5 Å². The number of H-pyrrole nitrogens is 1. The fourth-order valence-corrected chi connectivity index (χ4v) is 7.17. The first-order valence-corrected chi connectivity index (χ1v) is 17.2. The zero-order chi connectivity index (χ0) is 34.5. The van der Waals surface area contributed by atoms with Gasteiger partial charge < -0.3 is 24.4 Å². The van der Waals surface area contributed by atoms with Gasteiger partial charge in [0.25, 0.3) is 0 Å². The Bertz CT molecular complexity index is 1800. The van der Waals surface area contributed by atoms with Crippen LogP contribution in [0.5, 0.6) is 11.5 Å². The maximum atomic E-state index is 13.8. The van der Waals surface area contributed by atoms with E-state index in [1.807, 2.05) is 12.1 Å². The molecule has 4 aromatic rings. The molecule has 7 rings (SSSR count). The predicted molar refractivity (Wildman–Crippen MR) is 190 cm³/mol. The fraction of sp³-hybridized carbons (Fsp3) is 0.324. The number of aromatic nitrogens is 1. The zero-order valence-corrected chi connectivity index (χ0v) is 29.9. The molecule has 1 amide bonds. The number of esters is 1. The second kappa shape index (κ2) is 16.8. The molecular formula is C37H38Cl3N3O7. The molecule has 264 valence electrons. The van der Waals surface area contributed by atoms with Crippen LogP contribution in [-0.4, -0.2) is 62.4 Å². The van der Waals surface area contributed by atoms with Crippen molar-refractivity contribution in [3.63, 3.8) is 0 Å². The van der Waals surface area contributed by atoms with Crippen molar-refractivity contribution in [1.29, 1.82) is 0 Å². The number of nitrogens with zero attached hydrogens (tertiary/aromatic N) is 2. The lowest BCUT2D eigenvalue weighted by Gasteiger charge is -2.44. The van der Waals surface area contributed by atoms with Gasteiger partial charge in [-0.2, -0.15) is 0 Å². The number of methoxy groups -OCH3 is 2. The first-order valence-electron chi connectivity index (χ1n) is 16.0. The first-order chi connectivity index (χ1) is 23.7. The molecule has 3 aromatic carbocycles. The second-order valence-corrected chi connectivity index (χ2v) is 13.4. The van der Waals surface area contributed by atoms with Crippen molar-refractivity contribution in [2.24, 2.45) is 5.92 Å². The van der Waals surface area contributed by atoms with Crippen molar-refractivity contribution in [3.8, 4) is 11.5 Å². The van der Waals surface area contributed by atoms with E-state index < -0.39 is 18.2 Å². The predicted octanol–water partition coefficient (Wildman–Crippen LogP) is 7.68. The van der Waals surface area contributed by atoms with Gasteiger partial charge in [0.05, 0.1) is 26.3 Å². The van der Waals surface area contributed by atoms with E-state index in [1.54, 1.807) is 79.0 Å². The Morgan fingerprint density at radius 1 is 0.920 bits per heavy atom. The molecule has 2 N–H and O–H groups in total. The molecule has 3 fully saturated rings. The highest BCUT2D eigenvalue weighted by Crippen LogP contribution is 2.36. The molecule has 0 unspecified atom stereocenters. The highest BCUT2D eigenvalue weighted by atomic mass is 35.5. The average molecular weight is 743 g/mol. The minimum absolute atomic E-state index is 0. The Kier molecular flexibility index (Phi) is 12.5. The van der Waals surface area contributed by atoms with E-state index in [2.05, 4.69) is 9.88 Å². The fourth-order valence-electron chi connectivity index (χ4n) is 6.46. The van der Waals surface area contributed by atoms with Crippen LogP contribution in [0, 0.1) is 5.92 Å². The largest absolute Gasteiger partial charge is 0.870 e. The third kappa shape index (κ3) is 8.62. The summed E-state index contributed by atoms with van der Waals surface area (Å²) in [7, 11) is 3.08. The zero-order valence-electron chi connectivity index (χ0n) is 27.6. The van der Waals surface area contributed by atoms with Gasteiger partial charge >= 0.3 is 12.1 Å². The Balaban J connectivity index is 0.00000486. The molecule has 3 aliphatic heterocycles. The Labute approximate surface area is 306 Å². The van der Waals surface area contributed by atoms with Gasteiger partial charge in [-0.05, 0) is 85.4 Å². The highest BCUT2D eigenvalue weighted by Gasteiger charge is 2.37. The number of hydrogen-bond acceptors (Lipinski definition) is 8. The Morgan fingerprint density at radius 2 is 1.64 bits per heavy atom. The number of benzene rings is 3. The van der Waals surface area contributed by atoms with Crippen molar-refractivity contribution >= 4 is 52.6 Å². The van der Waals surface area contributed by atoms with Crippen molar-refractivity contribution in [1.82, 2.24) is 4.90 Å². The summed E-state index contributed by atoms with van der Waals surface area (Å²) in [6.45, 7) is 2.96. The van der Waals surface area contributed by atoms with Crippen LogP contribution in [0.25, 0.3) is 0 Å². The Morgan fingerprint density at radius 3 is 2.30 bits per heavy atom. The van der Waals surface area contributed by atoms with Gasteiger partial charge in [0.2, 0.25) is 0 Å². The lowest BCUT2D eigenvalue weighted by molar-refractivity contribution is -0.377. The number of amides is 1. The van der Waals surface area contributed by atoms with E-state index in [1.165, 1.54) is 7.11 Å². The molecule has 13 heteroatoms. The standard InChI is InChI=1S/C37H36Cl3N3O6.H2O/c1-46-32-10-9-25(16-34(32)47-2)33(18-29-30(39)19-41-20-31(29)40)48-36(44)26-6-3-5-23(15-26)21-43(28-8-4-7-27(38)17-28)37(45)49-35-22-42-13-11-24(35)12-14-42;/h3-10,15-17,19-20,24,33,35H,11-14,18,21-22H2,1-2H3;1H2/t33-,35-;/m0./s1. The first kappa shape index (κ1) is 37.2. The third-order valence-corrected chi connectivity index (χ3v) is 10.0. The van der Waals surface area contributed by atoms with Crippen LogP contribution in [0.4, 0.5) is 10.5 Å². The van der Waals surface area contributed by atoms with Crippen LogP contribution in [0.15, 0.2) is 79.1 Å². The molecule has 3 aliphatic rings. The molecule has 1 aromatic heterocycles. The van der Waals surface area contributed by atoms with Gasteiger partial charge in [-0.1, -0.05) is 59.1 Å². The number of carbonyl (C=O) groups excluding carboxylic acids is 2. The molecule has 0 radical (unpaired) electrons. The van der Waals surface area contributed by atoms with Crippen LogP contribution >= 0.6 is 34.8 Å². The molecule has 2 bridgehead atoms. The van der Waals surface area contributed by atoms with E-state index >= 15 is 0 Å². The number of anilines is 1. The molecule has 0 aliphatic carbocycles. The summed E-state index contributed by atoms with van der Waals surface area (Å²) in [5.41, 5.74) is 2.87. The molecule has 0 saturated carbocycles. The van der Waals surface area contributed by atoms with Crippen LogP contribution < -0.4 is 19.4 Å². The topological polar surface area (TPSA) is 122 Å². The maximum Gasteiger partial charge on any atom is 0.414 e. The van der Waals surface area contributed by atoms with E-state index in [9.17, 15) is 9.59 Å². The van der Waals surface area contributed by atoms with E-state index in [4.69, 9.17) is 53.8 Å². The molecular weight excluding hydrogens is 705 g/mol. The number of fused-ring (bicyclic) bond motifs is 3. The smallest absolute Gasteiger partial charge is 0.414 e. The summed E-state index contributed by atoms with van der Waals surface area (Å²) >= 11 is 19.3. The highest BCUT2D eigenvalue weighted by molar-refractivity contribution is 6.35. The van der Waals surface area contributed by atoms with Gasteiger partial charge in [-0.25, -0.2) is 14.6 Å². The van der Waals surface area contributed by atoms with Crippen LogP contribution in [0.3, 0.4) is 0 Å². The maximum absolute atomic E-state index is 13.8. The van der Waals surface area contributed by atoms with Crippen molar-refractivity contribution in [3.05, 3.63) is 116 Å². The number of piperidine rings is 3. The SMILES string of the molecule is COc1ccc([C@H](Cc2c(Cl)c[nH+]cc2Cl)OC(=O)c2cccc(CN(C(=O)O[C@H]3CN4CCC3CC4)c3cccc(Cl)c3)c2)cc1OC.[OH-]. The normalized spacial score (nSPS) is 18.4. The van der Waals surface area contributed by atoms with Gasteiger partial charge in [0.1, 0.15) is 22.3 Å². The van der Waals surface area contributed by atoms with Gasteiger partial charge in [0, 0.05) is 29.2 Å². The number of nitrogens with one attached hydrogen (secondary N) is 1. The molecule has 4 heterocycles. The monoisotopic (exact) mass is 741 g/mol. The lowest BCUT2D eigenvalue weighted by atomic mass is 9.86. The molecule has 10 nitrogen and oxygen atoms in total. The summed E-state index contributed by atoms with van der Waals surface area (Å²) in [5, 5.41) is 1.30. The lowest BCUT2D eigenvalue weighted by Crippen LogP contribution is -2.53. The third-order valence-electron chi connectivity index (χ3n) is 9.11. The summed E-state index contributed by atoms with van der Waals surface area (Å²) in [6.07, 6.45) is 4.05. The minimum Gasteiger partial charge on any atom is -0.870 e. The van der Waals surface area contributed by atoms with Crippen LogP contribution in [0.2, 0.25) is 15.1 Å². The van der Waals surface area contributed by atoms with Crippen molar-refractivity contribution in [2.75, 3.05) is 38.8 Å². The molecule has 3 saturated heterocycles. The summed E-state index contributed by atoms with van der Waals surface area (Å²) < 4.78 is 23.2. The Hall–Kier alpha value is -4.06. The quantitative estimate of drug-likeness (QED) is 0.144. The average Bonchev–Trinajstić information content (AvgIpc) is 3.12. The van der Waals surface area contributed by atoms with Crippen molar-refractivity contribution < 1.29 is 39.0 Å². The number of ether oxygens (including phenoxy) is 4. The number of carbonyl (C=O) groups is 2. The van der Waals surface area contributed by atoms with Crippen molar-refractivity contribution in [2.45, 2.75) is 38.0 Å². The summed E-state index contributed by atoms with van der Waals surface area (Å²) in [4.78, 5) is 34.4. The van der Waals surface area contributed by atoms with Crippen LogP contribution in [0.1, 0.15) is 46.0 Å². The van der Waals surface area contributed by atoms with Crippen LogP contribution in [-0.2, 0) is 22.4 Å². The second-order valence-electron chi connectivity index (χ2n) is 12.2. The van der Waals surface area contributed by atoms with Gasteiger partial charge in [0.15, 0.2) is 23.9 Å². The molecule has 0 spiro atoms. The van der Waals surface area contributed by atoms with E-state index in [0.29, 0.717) is 60.4 Å². The number of pyridine rings is 1. The number of rotatable bonds is 11. The number of halogens is 3. The number of hydrogen-bond donors (Lipinski definition) is 0. The summed E-state index contributed by atoms with van der Waals surface area (Å²) in [5.74, 6) is 0.796. The molecule has 2 atom stereocenters. The molecule has 50 heavy (non-hydrogen) atoms. The van der Waals surface area contributed by atoms with Gasteiger partial charge in [-0.3, -0.25) is 9.80 Å².